The van der Waals surface area contributed by atoms with Crippen LogP contribution in [0.1, 0.15) is 11.1 Å². The minimum absolute atomic E-state index is 0.0201. The van der Waals surface area contributed by atoms with E-state index >= 15 is 0 Å². The molecule has 1 aliphatic heterocycles. The predicted octanol–water partition coefficient (Wildman–Crippen LogP) is 2.00. The molecular weight excluding hydrogens is 341 g/mol. The van der Waals surface area contributed by atoms with Gasteiger partial charge < -0.3 is 15.4 Å². The molecule has 2 amide bonds. The number of nitrogens with one attached hydrogen (secondary N) is 2. The van der Waals surface area contributed by atoms with Gasteiger partial charge in [0.05, 0.1) is 18.3 Å². The molecule has 0 saturated carbocycles. The van der Waals surface area contributed by atoms with Crippen molar-refractivity contribution in [3.05, 3.63) is 47.7 Å². The van der Waals surface area contributed by atoms with Gasteiger partial charge in [-0.05, 0) is 11.6 Å². The van der Waals surface area contributed by atoms with Gasteiger partial charge in [-0.1, -0.05) is 18.2 Å². The Balaban J connectivity index is 1.77. The van der Waals surface area contributed by atoms with Gasteiger partial charge in [-0.15, -0.1) is 0 Å². The molecule has 0 radical (unpaired) electrons. The van der Waals surface area contributed by atoms with Crippen LogP contribution in [0.25, 0.3) is 0 Å². The fourth-order valence-electron chi connectivity index (χ4n) is 2.40. The first-order valence-electron chi connectivity index (χ1n) is 7.25. The Morgan fingerprint density at radius 2 is 2.12 bits per heavy atom. The van der Waals surface area contributed by atoms with E-state index < -0.39 is 29.8 Å². The number of carbonyl (C=O) groups excluding carboxylic acids is 2. The van der Waals surface area contributed by atoms with Crippen LogP contribution >= 0.6 is 0 Å². The smallest absolute Gasteiger partial charge is 0.416 e. The number of cyclic esters (lactones) is 1. The molecule has 1 aromatic heterocycles. The molecule has 1 aromatic carbocycles. The van der Waals surface area contributed by atoms with Gasteiger partial charge in [0.1, 0.15) is 18.5 Å². The molecule has 2 aromatic rings. The molecule has 3 rings (SSSR count). The number of alkyl halides is 3. The summed E-state index contributed by atoms with van der Waals surface area (Å²) < 4.78 is 45.1. The van der Waals surface area contributed by atoms with Crippen LogP contribution in [0.4, 0.5) is 23.8 Å². The fraction of sp³-hybridized carbons (Fsp3) is 0.267. The summed E-state index contributed by atoms with van der Waals surface area (Å²) in [5.41, 5.74) is -0.745. The first-order valence-corrected chi connectivity index (χ1v) is 7.25. The SMILES string of the molecule is O=C1N[C@H](C(=O)Nc2ccnn2Cc2ccccc2C(F)(F)F)CO1. The molecule has 0 unspecified atom stereocenters. The van der Waals surface area contributed by atoms with E-state index in [4.69, 9.17) is 0 Å². The van der Waals surface area contributed by atoms with Crippen LogP contribution in [0.15, 0.2) is 36.5 Å². The summed E-state index contributed by atoms with van der Waals surface area (Å²) >= 11 is 0. The monoisotopic (exact) mass is 354 g/mol. The Morgan fingerprint density at radius 1 is 1.36 bits per heavy atom. The number of halogens is 3. The van der Waals surface area contributed by atoms with Crippen LogP contribution in [0.5, 0.6) is 0 Å². The van der Waals surface area contributed by atoms with Crippen molar-refractivity contribution >= 4 is 17.8 Å². The second-order valence-electron chi connectivity index (χ2n) is 5.31. The molecule has 2 N–H and O–H groups in total. The molecule has 0 spiro atoms. The number of nitrogens with zero attached hydrogens (tertiary/aromatic N) is 2. The summed E-state index contributed by atoms with van der Waals surface area (Å²) in [6.07, 6.45) is -3.83. The number of anilines is 1. The molecule has 1 aliphatic rings. The highest BCUT2D eigenvalue weighted by Crippen LogP contribution is 2.32. The zero-order valence-electron chi connectivity index (χ0n) is 12.7. The molecule has 0 bridgehead atoms. The zero-order chi connectivity index (χ0) is 18.0. The Labute approximate surface area is 139 Å². The number of ether oxygens (including phenoxy) is 1. The summed E-state index contributed by atoms with van der Waals surface area (Å²) in [4.78, 5) is 23.0. The molecule has 10 heteroatoms. The molecule has 0 aliphatic carbocycles. The number of hydrogen-bond acceptors (Lipinski definition) is 4. The third kappa shape index (κ3) is 3.73. The van der Waals surface area contributed by atoms with Gasteiger partial charge in [0.2, 0.25) is 0 Å². The molecule has 1 saturated heterocycles. The van der Waals surface area contributed by atoms with E-state index in [1.54, 1.807) is 0 Å². The average molecular weight is 354 g/mol. The average Bonchev–Trinajstić information content (AvgIpc) is 3.16. The lowest BCUT2D eigenvalue weighted by Gasteiger charge is -2.15. The van der Waals surface area contributed by atoms with Gasteiger partial charge in [-0.2, -0.15) is 18.3 Å². The second-order valence-corrected chi connectivity index (χ2v) is 5.31. The lowest BCUT2D eigenvalue weighted by molar-refractivity contribution is -0.138. The topological polar surface area (TPSA) is 85.3 Å². The molecular formula is C15H13F3N4O3. The maximum Gasteiger partial charge on any atom is 0.416 e. The van der Waals surface area contributed by atoms with Crippen molar-refractivity contribution in [1.29, 1.82) is 0 Å². The van der Waals surface area contributed by atoms with E-state index in [1.165, 1.54) is 35.1 Å². The minimum atomic E-state index is -4.49. The van der Waals surface area contributed by atoms with Gasteiger partial charge in [0.25, 0.3) is 5.91 Å². The highest BCUT2D eigenvalue weighted by molar-refractivity contribution is 5.97. The summed E-state index contributed by atoms with van der Waals surface area (Å²) in [7, 11) is 0. The van der Waals surface area contributed by atoms with Crippen LogP contribution < -0.4 is 10.6 Å². The summed E-state index contributed by atoms with van der Waals surface area (Å²) in [5, 5.41) is 8.77. The predicted molar refractivity (Wildman–Crippen MR) is 79.7 cm³/mol. The number of alkyl carbamates (subject to hydrolysis) is 1. The van der Waals surface area contributed by atoms with E-state index in [9.17, 15) is 22.8 Å². The van der Waals surface area contributed by atoms with E-state index in [0.29, 0.717) is 0 Å². The zero-order valence-corrected chi connectivity index (χ0v) is 12.7. The summed E-state index contributed by atoms with van der Waals surface area (Å²) in [6, 6.07) is 5.73. The largest absolute Gasteiger partial charge is 0.447 e. The lowest BCUT2D eigenvalue weighted by Crippen LogP contribution is -2.39. The third-order valence-corrected chi connectivity index (χ3v) is 3.60. The number of benzene rings is 1. The van der Waals surface area contributed by atoms with Crippen molar-refractivity contribution in [2.45, 2.75) is 18.8 Å². The molecule has 132 valence electrons. The number of aromatic nitrogens is 2. The minimum Gasteiger partial charge on any atom is -0.447 e. The third-order valence-electron chi connectivity index (χ3n) is 3.60. The van der Waals surface area contributed by atoms with Gasteiger partial charge in [0.15, 0.2) is 0 Å². The van der Waals surface area contributed by atoms with E-state index in [-0.39, 0.29) is 24.5 Å². The summed E-state index contributed by atoms with van der Waals surface area (Å²) in [6.45, 7) is -0.290. The molecule has 7 nitrogen and oxygen atoms in total. The first-order chi connectivity index (χ1) is 11.8. The molecule has 1 atom stereocenters. The fourth-order valence-corrected chi connectivity index (χ4v) is 2.40. The number of rotatable bonds is 4. The Bertz CT molecular complexity index is 803. The van der Waals surface area contributed by atoms with Crippen LogP contribution in [-0.4, -0.2) is 34.4 Å². The normalized spacial score (nSPS) is 17.1. The molecule has 2 heterocycles. The van der Waals surface area contributed by atoms with Crippen LogP contribution in [0, 0.1) is 0 Å². The van der Waals surface area contributed by atoms with E-state index in [0.717, 1.165) is 6.07 Å². The van der Waals surface area contributed by atoms with E-state index in [1.807, 2.05) is 0 Å². The van der Waals surface area contributed by atoms with Gasteiger partial charge in [-0.25, -0.2) is 9.48 Å². The van der Waals surface area contributed by atoms with Gasteiger partial charge in [0, 0.05) is 6.07 Å². The van der Waals surface area contributed by atoms with Crippen LogP contribution in [0.3, 0.4) is 0 Å². The second kappa shape index (κ2) is 6.46. The highest BCUT2D eigenvalue weighted by atomic mass is 19.4. The van der Waals surface area contributed by atoms with Crippen molar-refractivity contribution in [1.82, 2.24) is 15.1 Å². The van der Waals surface area contributed by atoms with Gasteiger partial charge in [-0.3, -0.25) is 4.79 Å². The van der Waals surface area contributed by atoms with Crippen molar-refractivity contribution in [2.24, 2.45) is 0 Å². The maximum absolute atomic E-state index is 13.1. The molecule has 25 heavy (non-hydrogen) atoms. The maximum atomic E-state index is 13.1. The van der Waals surface area contributed by atoms with E-state index in [2.05, 4.69) is 20.5 Å². The lowest BCUT2D eigenvalue weighted by atomic mass is 10.1. The number of amides is 2. The van der Waals surface area contributed by atoms with Crippen LogP contribution in [-0.2, 0) is 22.3 Å². The standard InChI is InChI=1S/C15H13F3N4O3/c16-15(17,18)10-4-2-1-3-9(10)7-22-12(5-6-19-22)21-13(23)11-8-25-14(24)20-11/h1-6,11H,7-8H2,(H,20,24)(H,21,23)/t11-/m0/s1. The van der Waals surface area contributed by atoms with Crippen molar-refractivity contribution < 1.29 is 27.5 Å². The van der Waals surface area contributed by atoms with Gasteiger partial charge >= 0.3 is 12.3 Å². The highest BCUT2D eigenvalue weighted by Gasteiger charge is 2.33. The number of carbonyl (C=O) groups is 2. The number of hydrogen-bond donors (Lipinski definition) is 2. The quantitative estimate of drug-likeness (QED) is 0.879. The molecule has 1 fully saturated rings. The Morgan fingerprint density at radius 3 is 2.80 bits per heavy atom. The van der Waals surface area contributed by atoms with Crippen molar-refractivity contribution in [2.75, 3.05) is 11.9 Å². The summed E-state index contributed by atoms with van der Waals surface area (Å²) in [5.74, 6) is -0.333. The van der Waals surface area contributed by atoms with Crippen molar-refractivity contribution in [3.8, 4) is 0 Å². The first kappa shape index (κ1) is 16.8. The Kier molecular flexibility index (Phi) is 4.34. The van der Waals surface area contributed by atoms with Crippen LogP contribution in [0.2, 0.25) is 0 Å². The Hall–Kier alpha value is -3.04. The van der Waals surface area contributed by atoms with Crippen molar-refractivity contribution in [3.63, 3.8) is 0 Å².